The molecule has 1 aromatic rings. The molecule has 108 valence electrons. The van der Waals surface area contributed by atoms with Gasteiger partial charge in [-0.05, 0) is 26.7 Å². The van der Waals surface area contributed by atoms with Crippen LogP contribution in [0.1, 0.15) is 31.0 Å². The van der Waals surface area contributed by atoms with E-state index in [4.69, 9.17) is 0 Å². The number of rotatable bonds is 5. The quantitative estimate of drug-likeness (QED) is 0.811. The third-order valence-electron chi connectivity index (χ3n) is 3.68. The summed E-state index contributed by atoms with van der Waals surface area (Å²) in [6, 6.07) is 0. The summed E-state index contributed by atoms with van der Waals surface area (Å²) in [5.41, 5.74) is 2.00. The van der Waals surface area contributed by atoms with E-state index < -0.39 is 10.2 Å². The van der Waals surface area contributed by atoms with Crippen molar-refractivity contribution in [2.24, 2.45) is 0 Å². The molecule has 0 atom stereocenters. The zero-order chi connectivity index (χ0) is 14.0. The molecule has 0 amide bonds. The van der Waals surface area contributed by atoms with Crippen molar-refractivity contribution in [1.29, 1.82) is 0 Å². The molecule has 7 heteroatoms. The fraction of sp³-hybridized carbons (Fsp3) is 0.750. The number of nitrogens with zero attached hydrogens (tertiary/aromatic N) is 4. The van der Waals surface area contributed by atoms with Crippen molar-refractivity contribution >= 4 is 10.2 Å². The number of hydrogen-bond donors (Lipinski definition) is 0. The van der Waals surface area contributed by atoms with Crippen molar-refractivity contribution in [2.45, 2.75) is 39.8 Å². The summed E-state index contributed by atoms with van der Waals surface area (Å²) in [7, 11) is -1.69. The van der Waals surface area contributed by atoms with Gasteiger partial charge in [0.25, 0.3) is 10.2 Å². The van der Waals surface area contributed by atoms with E-state index in [-0.39, 0.29) is 0 Å². The molecule has 0 spiro atoms. The molecular formula is C12H22N4O2S. The van der Waals surface area contributed by atoms with E-state index >= 15 is 0 Å². The molecule has 6 nitrogen and oxygen atoms in total. The minimum atomic E-state index is -3.32. The molecule has 0 saturated carbocycles. The van der Waals surface area contributed by atoms with Crippen LogP contribution in [0, 0.1) is 6.92 Å². The van der Waals surface area contributed by atoms with Crippen molar-refractivity contribution in [1.82, 2.24) is 18.4 Å². The Hall–Kier alpha value is -0.920. The second-order valence-corrected chi connectivity index (χ2v) is 6.98. The molecule has 1 saturated heterocycles. The molecule has 1 aliphatic rings. The van der Waals surface area contributed by atoms with Gasteiger partial charge < -0.3 is 0 Å². The van der Waals surface area contributed by atoms with Gasteiger partial charge in [-0.15, -0.1) is 0 Å². The van der Waals surface area contributed by atoms with Crippen LogP contribution in [0.3, 0.4) is 0 Å². The largest absolute Gasteiger partial charge is 0.282 e. The Bertz CT molecular complexity index is 532. The zero-order valence-corrected chi connectivity index (χ0v) is 12.7. The van der Waals surface area contributed by atoms with E-state index in [1.54, 1.807) is 17.5 Å². The van der Waals surface area contributed by atoms with Gasteiger partial charge in [0, 0.05) is 44.5 Å². The van der Waals surface area contributed by atoms with Crippen LogP contribution in [0.15, 0.2) is 6.20 Å². The van der Waals surface area contributed by atoms with Crippen LogP contribution in [0.5, 0.6) is 0 Å². The molecule has 0 radical (unpaired) electrons. The maximum Gasteiger partial charge on any atom is 0.282 e. The Labute approximate surface area is 115 Å². The summed E-state index contributed by atoms with van der Waals surface area (Å²) in [5, 5.41) is 4.25. The minimum absolute atomic E-state index is 0.380. The van der Waals surface area contributed by atoms with Gasteiger partial charge in [0.2, 0.25) is 0 Å². The van der Waals surface area contributed by atoms with Crippen LogP contribution < -0.4 is 0 Å². The van der Waals surface area contributed by atoms with Gasteiger partial charge in [-0.3, -0.25) is 4.68 Å². The highest BCUT2D eigenvalue weighted by molar-refractivity contribution is 7.86. The van der Waals surface area contributed by atoms with Gasteiger partial charge in [-0.25, -0.2) is 0 Å². The molecule has 1 aromatic heterocycles. The second-order valence-electron chi connectivity index (χ2n) is 4.94. The van der Waals surface area contributed by atoms with Crippen LogP contribution in [-0.4, -0.2) is 46.9 Å². The normalized spacial score (nSPS) is 17.5. The average molecular weight is 286 g/mol. The molecule has 2 rings (SSSR count). The smallest absolute Gasteiger partial charge is 0.270 e. The molecule has 0 bridgehead atoms. The summed E-state index contributed by atoms with van der Waals surface area (Å²) in [6.45, 7) is 6.45. The molecule has 1 aliphatic heterocycles. The number of aromatic nitrogens is 2. The fourth-order valence-electron chi connectivity index (χ4n) is 2.40. The summed E-state index contributed by atoms with van der Waals surface area (Å²) >= 11 is 0. The third-order valence-corrected chi connectivity index (χ3v) is 5.62. The van der Waals surface area contributed by atoms with Crippen LogP contribution >= 0.6 is 0 Å². The SMILES string of the molecule is CCn1ncc(CN(C)S(=O)(=O)N2CCCC2)c1C. The lowest BCUT2D eigenvalue weighted by atomic mass is 10.2. The van der Waals surface area contributed by atoms with E-state index in [0.29, 0.717) is 19.6 Å². The van der Waals surface area contributed by atoms with Crippen molar-refractivity contribution < 1.29 is 8.42 Å². The molecule has 0 unspecified atom stereocenters. The third kappa shape index (κ3) is 2.82. The standard InChI is InChI=1S/C12H22N4O2S/c1-4-16-11(2)12(9-13-16)10-14(3)19(17,18)15-7-5-6-8-15/h9H,4-8,10H2,1-3H3. The molecule has 19 heavy (non-hydrogen) atoms. The summed E-state index contributed by atoms with van der Waals surface area (Å²) < 4.78 is 29.6. The van der Waals surface area contributed by atoms with Gasteiger partial charge in [0.05, 0.1) is 6.20 Å². The highest BCUT2D eigenvalue weighted by Gasteiger charge is 2.29. The Kier molecular flexibility index (Phi) is 4.27. The Morgan fingerprint density at radius 2 is 2.00 bits per heavy atom. The van der Waals surface area contributed by atoms with Gasteiger partial charge in [0.15, 0.2) is 0 Å². The van der Waals surface area contributed by atoms with Crippen molar-refractivity contribution in [2.75, 3.05) is 20.1 Å². The first-order valence-electron chi connectivity index (χ1n) is 6.69. The molecular weight excluding hydrogens is 264 g/mol. The first kappa shape index (κ1) is 14.5. The predicted molar refractivity (Wildman–Crippen MR) is 73.8 cm³/mol. The van der Waals surface area contributed by atoms with Crippen LogP contribution in [0.25, 0.3) is 0 Å². The average Bonchev–Trinajstić information content (AvgIpc) is 3.00. The molecule has 0 aromatic carbocycles. The fourth-order valence-corrected chi connectivity index (χ4v) is 3.81. The maximum absolute atomic E-state index is 12.3. The lowest BCUT2D eigenvalue weighted by Crippen LogP contribution is -2.39. The van der Waals surface area contributed by atoms with Crippen LogP contribution in [0.4, 0.5) is 0 Å². The molecule has 0 aliphatic carbocycles. The van der Waals surface area contributed by atoms with Gasteiger partial charge in [-0.1, -0.05) is 0 Å². The first-order chi connectivity index (χ1) is 8.96. The Balaban J connectivity index is 2.11. The van der Waals surface area contributed by atoms with E-state index in [0.717, 1.165) is 30.6 Å². The maximum atomic E-state index is 12.3. The predicted octanol–water partition coefficient (Wildman–Crippen LogP) is 0.984. The Morgan fingerprint density at radius 3 is 2.53 bits per heavy atom. The van der Waals surface area contributed by atoms with Crippen LogP contribution in [0.2, 0.25) is 0 Å². The van der Waals surface area contributed by atoms with Gasteiger partial charge in [-0.2, -0.15) is 22.1 Å². The van der Waals surface area contributed by atoms with E-state index in [1.165, 1.54) is 4.31 Å². The van der Waals surface area contributed by atoms with E-state index in [1.807, 2.05) is 18.5 Å². The van der Waals surface area contributed by atoms with E-state index in [2.05, 4.69) is 5.10 Å². The first-order valence-corrected chi connectivity index (χ1v) is 8.09. The topological polar surface area (TPSA) is 58.4 Å². The summed E-state index contributed by atoms with van der Waals surface area (Å²) in [5.74, 6) is 0. The van der Waals surface area contributed by atoms with Crippen LogP contribution in [-0.2, 0) is 23.3 Å². The summed E-state index contributed by atoms with van der Waals surface area (Å²) in [6.07, 6.45) is 3.68. The van der Waals surface area contributed by atoms with Gasteiger partial charge in [0.1, 0.15) is 0 Å². The van der Waals surface area contributed by atoms with E-state index in [9.17, 15) is 8.42 Å². The highest BCUT2D eigenvalue weighted by atomic mass is 32.2. The second kappa shape index (κ2) is 5.60. The van der Waals surface area contributed by atoms with Crippen molar-refractivity contribution in [3.05, 3.63) is 17.5 Å². The molecule has 1 fully saturated rings. The number of hydrogen-bond acceptors (Lipinski definition) is 3. The van der Waals surface area contributed by atoms with Crippen molar-refractivity contribution in [3.63, 3.8) is 0 Å². The summed E-state index contributed by atoms with van der Waals surface area (Å²) in [4.78, 5) is 0. The Morgan fingerprint density at radius 1 is 1.37 bits per heavy atom. The minimum Gasteiger partial charge on any atom is -0.270 e. The molecule has 0 N–H and O–H groups in total. The molecule has 2 heterocycles. The highest BCUT2D eigenvalue weighted by Crippen LogP contribution is 2.18. The number of aryl methyl sites for hydroxylation is 1. The van der Waals surface area contributed by atoms with Crippen molar-refractivity contribution in [3.8, 4) is 0 Å². The zero-order valence-electron chi connectivity index (χ0n) is 11.8. The lowest BCUT2D eigenvalue weighted by Gasteiger charge is -2.23. The monoisotopic (exact) mass is 286 g/mol. The lowest BCUT2D eigenvalue weighted by molar-refractivity contribution is 0.391. The van der Waals surface area contributed by atoms with Gasteiger partial charge >= 0.3 is 0 Å².